The van der Waals surface area contributed by atoms with Gasteiger partial charge in [-0.1, -0.05) is 46.4 Å². The largest absolute Gasteiger partial charge is 0.341 e. The molecule has 0 spiro atoms. The monoisotopic (exact) mass is 314 g/mol. The van der Waals surface area contributed by atoms with E-state index < -0.39 is 11.2 Å². The zero-order valence-corrected chi connectivity index (χ0v) is 11.5. The van der Waals surface area contributed by atoms with E-state index in [9.17, 15) is 9.59 Å². The predicted molar refractivity (Wildman–Crippen MR) is 71.7 cm³/mol. The van der Waals surface area contributed by atoms with Crippen LogP contribution in [0.1, 0.15) is 5.56 Å². The van der Waals surface area contributed by atoms with Gasteiger partial charge in [0.15, 0.2) is 0 Å². The van der Waals surface area contributed by atoms with Crippen molar-refractivity contribution in [2.24, 2.45) is 0 Å². The van der Waals surface area contributed by atoms with Gasteiger partial charge in [0.2, 0.25) is 0 Å². The number of rotatable bonds is 2. The van der Waals surface area contributed by atoms with Crippen molar-refractivity contribution in [3.05, 3.63) is 43.7 Å². The molecule has 0 atom stereocenters. The molecule has 17 heavy (non-hydrogen) atoms. The van der Waals surface area contributed by atoms with Gasteiger partial charge in [0.1, 0.15) is 10.3 Å². The highest BCUT2D eigenvalue weighted by Crippen LogP contribution is 2.11. The summed E-state index contributed by atoms with van der Waals surface area (Å²) in [5.41, 5.74) is 0.830. The summed E-state index contributed by atoms with van der Waals surface area (Å²) in [6, 6.07) is 0. The Hall–Kier alpha value is -0.680. The molecule has 0 bridgehead atoms. The van der Waals surface area contributed by atoms with Crippen molar-refractivity contribution in [2.45, 2.75) is 6.92 Å². The molecule has 0 aromatic carbocycles. The van der Waals surface area contributed by atoms with Crippen molar-refractivity contribution in [3.63, 3.8) is 0 Å². The molecular weight excluding hydrogens is 310 g/mol. The molecule has 0 amide bonds. The van der Waals surface area contributed by atoms with Gasteiger partial charge in [0.25, 0.3) is 5.56 Å². The highest BCUT2D eigenvalue weighted by Gasteiger charge is 2.12. The van der Waals surface area contributed by atoms with Gasteiger partial charge in [-0.05, 0) is 6.92 Å². The van der Waals surface area contributed by atoms with E-state index in [1.165, 1.54) is 13.1 Å². The minimum Gasteiger partial charge on any atom is -0.268 e. The molecule has 0 fully saturated rings. The molecule has 1 aromatic rings. The Bertz CT molecular complexity index is 612. The zero-order chi connectivity index (χ0) is 13.2. The number of halogens is 4. The van der Waals surface area contributed by atoms with Gasteiger partial charge >= 0.3 is 5.69 Å². The fraction of sp³-hybridized carbons (Fsp3) is 0.111. The minimum absolute atomic E-state index is 0.0624. The van der Waals surface area contributed by atoms with Crippen LogP contribution in [0.5, 0.6) is 0 Å². The first kappa shape index (κ1) is 14.4. The van der Waals surface area contributed by atoms with E-state index in [1.54, 1.807) is 0 Å². The summed E-state index contributed by atoms with van der Waals surface area (Å²) in [7, 11) is 0. The zero-order valence-electron chi connectivity index (χ0n) is 8.45. The lowest BCUT2D eigenvalue weighted by atomic mass is 10.4. The van der Waals surface area contributed by atoms with Gasteiger partial charge < -0.3 is 0 Å². The summed E-state index contributed by atoms with van der Waals surface area (Å²) in [4.78, 5) is 23.6. The summed E-state index contributed by atoms with van der Waals surface area (Å²) >= 11 is 22.2. The second-order valence-corrected chi connectivity index (χ2v) is 4.18. The number of hydrogen-bond donors (Lipinski definition) is 0. The fourth-order valence-corrected chi connectivity index (χ4v) is 1.59. The molecule has 1 rings (SSSR count). The number of aromatic nitrogens is 2. The van der Waals surface area contributed by atoms with E-state index in [1.807, 2.05) is 0 Å². The first-order valence-corrected chi connectivity index (χ1v) is 5.84. The standard InChI is InChI=1S/C9H6Cl4N2O2/c1-5-4-14(6(12)2-10)9(17)15(8(5)16)7(13)3-11/h2-4H,1H3/b6-2-,7-3-. The molecular formula is C9H6Cl4N2O2. The third-order valence-electron chi connectivity index (χ3n) is 1.88. The lowest BCUT2D eigenvalue weighted by molar-refractivity contribution is 0.831. The fourth-order valence-electron chi connectivity index (χ4n) is 1.12. The average Bonchev–Trinajstić information content (AvgIpc) is 2.32. The Kier molecular flexibility index (Phi) is 4.89. The topological polar surface area (TPSA) is 44.0 Å². The molecule has 0 N–H and O–H groups in total. The van der Waals surface area contributed by atoms with Crippen LogP contribution >= 0.6 is 46.4 Å². The maximum absolute atomic E-state index is 11.9. The third-order valence-corrected chi connectivity index (χ3v) is 3.09. The first-order chi connectivity index (χ1) is 7.93. The van der Waals surface area contributed by atoms with Crippen molar-refractivity contribution in [2.75, 3.05) is 0 Å². The van der Waals surface area contributed by atoms with Crippen LogP contribution in [0.25, 0.3) is 10.3 Å². The SMILES string of the molecule is Cc1cn(/C(Cl)=C\Cl)c(=O)n(/C(Cl)=C\Cl)c1=O. The van der Waals surface area contributed by atoms with Gasteiger partial charge in [-0.3, -0.25) is 9.36 Å². The van der Waals surface area contributed by atoms with E-state index in [4.69, 9.17) is 46.4 Å². The van der Waals surface area contributed by atoms with E-state index in [-0.39, 0.29) is 15.9 Å². The van der Waals surface area contributed by atoms with E-state index in [2.05, 4.69) is 0 Å². The Balaban J connectivity index is 3.79. The van der Waals surface area contributed by atoms with E-state index in [0.717, 1.165) is 15.6 Å². The van der Waals surface area contributed by atoms with E-state index in [0.29, 0.717) is 4.57 Å². The Labute approximate surface area is 116 Å². The number of nitrogens with zero attached hydrogens (tertiary/aromatic N) is 2. The predicted octanol–water partition coefficient (Wildman–Crippen LogP) is 2.79. The van der Waals surface area contributed by atoms with Crippen molar-refractivity contribution in [1.29, 1.82) is 0 Å². The molecule has 0 aliphatic rings. The summed E-state index contributed by atoms with van der Waals surface area (Å²) in [6.45, 7) is 1.51. The molecule has 92 valence electrons. The molecule has 1 aromatic heterocycles. The highest BCUT2D eigenvalue weighted by molar-refractivity contribution is 6.50. The van der Waals surface area contributed by atoms with Crippen molar-refractivity contribution in [3.8, 4) is 0 Å². The lowest BCUT2D eigenvalue weighted by Gasteiger charge is -2.08. The van der Waals surface area contributed by atoms with Crippen molar-refractivity contribution >= 4 is 56.7 Å². The van der Waals surface area contributed by atoms with Crippen LogP contribution in [0.15, 0.2) is 26.9 Å². The van der Waals surface area contributed by atoms with Crippen LogP contribution in [0.3, 0.4) is 0 Å². The Morgan fingerprint density at radius 3 is 2.18 bits per heavy atom. The molecule has 0 radical (unpaired) electrons. The van der Waals surface area contributed by atoms with Gasteiger partial charge in [-0.25, -0.2) is 9.36 Å². The normalized spacial score (nSPS) is 13.0. The minimum atomic E-state index is -0.760. The smallest absolute Gasteiger partial charge is 0.268 e. The van der Waals surface area contributed by atoms with Crippen molar-refractivity contribution in [1.82, 2.24) is 9.13 Å². The van der Waals surface area contributed by atoms with Crippen LogP contribution in [-0.2, 0) is 0 Å². The van der Waals surface area contributed by atoms with Crippen LogP contribution in [0.4, 0.5) is 0 Å². The molecule has 0 unspecified atom stereocenters. The maximum Gasteiger partial charge on any atom is 0.341 e. The van der Waals surface area contributed by atoms with E-state index >= 15 is 0 Å². The molecule has 0 aliphatic carbocycles. The number of hydrogen-bond acceptors (Lipinski definition) is 2. The summed E-state index contributed by atoms with van der Waals surface area (Å²) in [5, 5.41) is -0.286. The average molecular weight is 316 g/mol. The second-order valence-electron chi connectivity index (χ2n) is 2.97. The van der Waals surface area contributed by atoms with Crippen LogP contribution in [-0.4, -0.2) is 9.13 Å². The summed E-state index contributed by atoms with van der Waals surface area (Å²) < 4.78 is 1.67. The highest BCUT2D eigenvalue weighted by atomic mass is 35.5. The van der Waals surface area contributed by atoms with Gasteiger partial charge in [-0.2, -0.15) is 0 Å². The quantitative estimate of drug-likeness (QED) is 0.842. The molecule has 8 heteroatoms. The first-order valence-electron chi connectivity index (χ1n) is 4.21. The summed E-state index contributed by atoms with van der Waals surface area (Å²) in [6.07, 6.45) is 1.26. The molecule has 0 saturated carbocycles. The number of aryl methyl sites for hydroxylation is 1. The van der Waals surface area contributed by atoms with Gasteiger partial charge in [-0.15, -0.1) is 0 Å². The second kappa shape index (κ2) is 5.78. The Morgan fingerprint density at radius 1 is 1.18 bits per heavy atom. The third kappa shape index (κ3) is 2.77. The van der Waals surface area contributed by atoms with Crippen LogP contribution in [0.2, 0.25) is 0 Å². The van der Waals surface area contributed by atoms with Gasteiger partial charge in [0.05, 0.1) is 0 Å². The van der Waals surface area contributed by atoms with Crippen LogP contribution in [0, 0.1) is 6.92 Å². The lowest BCUT2D eigenvalue weighted by Crippen LogP contribution is -2.38. The maximum atomic E-state index is 11.9. The molecule has 1 heterocycles. The summed E-state index contributed by atoms with van der Waals surface area (Å²) in [5.74, 6) is 0. The van der Waals surface area contributed by atoms with Crippen LogP contribution < -0.4 is 11.2 Å². The molecule has 0 aliphatic heterocycles. The van der Waals surface area contributed by atoms with Crippen molar-refractivity contribution < 1.29 is 0 Å². The molecule has 4 nitrogen and oxygen atoms in total. The molecule has 0 saturated heterocycles. The van der Waals surface area contributed by atoms with Gasteiger partial charge in [0, 0.05) is 22.8 Å². The Morgan fingerprint density at radius 2 is 1.71 bits per heavy atom.